The van der Waals surface area contributed by atoms with Gasteiger partial charge in [-0.2, -0.15) is 0 Å². The third kappa shape index (κ3) is 20.6. The van der Waals surface area contributed by atoms with Crippen LogP contribution in [0.3, 0.4) is 0 Å². The highest BCUT2D eigenvalue weighted by Gasteiger charge is 2.14. The van der Waals surface area contributed by atoms with Crippen molar-refractivity contribution in [2.45, 2.75) is 165 Å². The minimum absolute atomic E-state index is 0.862. The first kappa shape index (κ1) is 32.0. The molecule has 4 atom stereocenters. The van der Waals surface area contributed by atoms with Gasteiger partial charge < -0.3 is 0 Å². The molecule has 0 aliphatic carbocycles. The Morgan fingerprint density at radius 3 is 0.969 bits per heavy atom. The second-order valence-electron chi connectivity index (χ2n) is 13.1. The molecule has 0 N–H and O–H groups in total. The molecule has 0 saturated carbocycles. The van der Waals surface area contributed by atoms with Crippen LogP contribution in [0.5, 0.6) is 0 Å². The lowest BCUT2D eigenvalue weighted by Crippen LogP contribution is -2.10. The Morgan fingerprint density at radius 1 is 0.312 bits per heavy atom. The molecule has 0 saturated heterocycles. The van der Waals surface area contributed by atoms with Gasteiger partial charge in [0.05, 0.1) is 0 Å². The van der Waals surface area contributed by atoms with Gasteiger partial charge >= 0.3 is 0 Å². The Kier molecular flexibility index (Phi) is 20.4. The first-order chi connectivity index (χ1) is 15.1. The summed E-state index contributed by atoms with van der Waals surface area (Å²) in [6.45, 7) is 21.8. The molecule has 194 valence electrons. The van der Waals surface area contributed by atoms with Gasteiger partial charge in [0, 0.05) is 0 Å². The molecule has 0 nitrogen and oxygen atoms in total. The predicted molar refractivity (Wildman–Crippen MR) is 149 cm³/mol. The number of rotatable bonds is 22. The van der Waals surface area contributed by atoms with Crippen LogP contribution in [-0.4, -0.2) is 0 Å². The molecule has 0 aromatic carbocycles. The molecule has 0 heteroatoms. The number of unbranched alkanes of at least 4 members (excludes halogenated alkanes) is 1. The lowest BCUT2D eigenvalue weighted by atomic mass is 9.84. The molecule has 32 heavy (non-hydrogen) atoms. The molecular weight excluding hydrogens is 384 g/mol. The zero-order valence-electron chi connectivity index (χ0n) is 24.4. The maximum absolute atomic E-state index is 2.50. The summed E-state index contributed by atoms with van der Waals surface area (Å²) >= 11 is 0. The SMILES string of the molecule is CC(C)CCCC(C)CCCC(C)CCCCC(CCCC(C)CCCC(C)C)C(C)C. The van der Waals surface area contributed by atoms with Crippen molar-refractivity contribution in [2.24, 2.45) is 41.4 Å². The molecule has 4 unspecified atom stereocenters. The van der Waals surface area contributed by atoms with E-state index in [2.05, 4.69) is 62.3 Å². The largest absolute Gasteiger partial charge is 0.0628 e. The van der Waals surface area contributed by atoms with E-state index in [1.165, 1.54) is 103 Å². The predicted octanol–water partition coefficient (Wildman–Crippen LogP) is 11.7. The van der Waals surface area contributed by atoms with Crippen molar-refractivity contribution >= 4 is 0 Å². The lowest BCUT2D eigenvalue weighted by molar-refractivity contribution is 0.298. The third-order valence-corrected chi connectivity index (χ3v) is 8.09. The summed E-state index contributed by atoms with van der Waals surface area (Å²) in [5.41, 5.74) is 0. The smallest absolute Gasteiger partial charge is 0.0391 e. The van der Waals surface area contributed by atoms with Crippen LogP contribution in [0.2, 0.25) is 0 Å². The fraction of sp³-hybridized carbons (Fsp3) is 1.00. The Bertz CT molecular complexity index is 379. The molecule has 0 radical (unpaired) electrons. The zero-order chi connectivity index (χ0) is 24.4. The van der Waals surface area contributed by atoms with Gasteiger partial charge in [0.15, 0.2) is 0 Å². The Morgan fingerprint density at radius 2 is 0.594 bits per heavy atom. The van der Waals surface area contributed by atoms with Gasteiger partial charge in [-0.3, -0.25) is 0 Å². The van der Waals surface area contributed by atoms with Crippen molar-refractivity contribution in [3.63, 3.8) is 0 Å². The van der Waals surface area contributed by atoms with E-state index in [4.69, 9.17) is 0 Å². The zero-order valence-corrected chi connectivity index (χ0v) is 24.4. The quantitative estimate of drug-likeness (QED) is 0.144. The van der Waals surface area contributed by atoms with Crippen LogP contribution in [-0.2, 0) is 0 Å². The summed E-state index contributed by atoms with van der Waals surface area (Å²) in [7, 11) is 0. The fourth-order valence-electron chi connectivity index (χ4n) is 5.44. The van der Waals surface area contributed by atoms with Crippen molar-refractivity contribution < 1.29 is 0 Å². The van der Waals surface area contributed by atoms with Crippen molar-refractivity contribution in [3.05, 3.63) is 0 Å². The minimum atomic E-state index is 0.862. The molecule has 0 aliphatic rings. The van der Waals surface area contributed by atoms with Crippen molar-refractivity contribution in [1.29, 1.82) is 0 Å². The standard InChI is InChI=1S/C32H66/c1-26(2)16-12-19-30(8)22-14-21-29(7)18-10-11-24-32(28(5)6)25-15-23-31(9)20-13-17-27(3)4/h26-32H,10-25H2,1-9H3. The number of hydrogen-bond acceptors (Lipinski definition) is 0. The molecule has 0 fully saturated rings. The summed E-state index contributed by atoms with van der Waals surface area (Å²) in [5.74, 6) is 6.37. The van der Waals surface area contributed by atoms with Gasteiger partial charge in [-0.15, -0.1) is 0 Å². The average molecular weight is 451 g/mol. The van der Waals surface area contributed by atoms with Crippen LogP contribution in [0.15, 0.2) is 0 Å². The first-order valence-corrected chi connectivity index (χ1v) is 15.1. The normalized spacial score (nSPS) is 16.1. The van der Waals surface area contributed by atoms with E-state index in [1.54, 1.807) is 0 Å². The van der Waals surface area contributed by atoms with Crippen LogP contribution in [0.25, 0.3) is 0 Å². The van der Waals surface area contributed by atoms with Gasteiger partial charge in [0.25, 0.3) is 0 Å². The number of hydrogen-bond donors (Lipinski definition) is 0. The maximum Gasteiger partial charge on any atom is -0.0391 e. The summed E-state index contributed by atoms with van der Waals surface area (Å²) in [4.78, 5) is 0. The summed E-state index contributed by atoms with van der Waals surface area (Å²) in [6.07, 6.45) is 23.2. The molecule has 0 aromatic rings. The van der Waals surface area contributed by atoms with E-state index < -0.39 is 0 Å². The molecule has 0 heterocycles. The van der Waals surface area contributed by atoms with E-state index in [0.29, 0.717) is 0 Å². The molecular formula is C32H66. The monoisotopic (exact) mass is 451 g/mol. The van der Waals surface area contributed by atoms with E-state index in [1.807, 2.05) is 0 Å². The molecule has 0 aliphatic heterocycles. The topological polar surface area (TPSA) is 0 Å². The second-order valence-corrected chi connectivity index (χ2v) is 13.1. The van der Waals surface area contributed by atoms with Crippen molar-refractivity contribution in [1.82, 2.24) is 0 Å². The van der Waals surface area contributed by atoms with Gasteiger partial charge in [0.2, 0.25) is 0 Å². The van der Waals surface area contributed by atoms with Crippen molar-refractivity contribution in [2.75, 3.05) is 0 Å². The Hall–Kier alpha value is 0. The molecule has 0 rings (SSSR count). The Balaban J connectivity index is 3.82. The summed E-state index contributed by atoms with van der Waals surface area (Å²) in [5, 5.41) is 0. The minimum Gasteiger partial charge on any atom is -0.0628 e. The molecule has 0 amide bonds. The van der Waals surface area contributed by atoms with Crippen LogP contribution in [0.1, 0.15) is 165 Å². The second kappa shape index (κ2) is 20.4. The van der Waals surface area contributed by atoms with Crippen LogP contribution < -0.4 is 0 Å². The first-order valence-electron chi connectivity index (χ1n) is 15.1. The van der Waals surface area contributed by atoms with Gasteiger partial charge in [-0.1, -0.05) is 165 Å². The van der Waals surface area contributed by atoms with Gasteiger partial charge in [-0.05, 0) is 41.4 Å². The summed E-state index contributed by atoms with van der Waals surface area (Å²) in [6, 6.07) is 0. The maximum atomic E-state index is 2.50. The van der Waals surface area contributed by atoms with E-state index >= 15 is 0 Å². The van der Waals surface area contributed by atoms with Gasteiger partial charge in [0.1, 0.15) is 0 Å². The van der Waals surface area contributed by atoms with E-state index in [-0.39, 0.29) is 0 Å². The Labute approximate surface area is 206 Å². The van der Waals surface area contributed by atoms with E-state index in [9.17, 15) is 0 Å². The fourth-order valence-corrected chi connectivity index (χ4v) is 5.44. The van der Waals surface area contributed by atoms with Crippen LogP contribution in [0.4, 0.5) is 0 Å². The van der Waals surface area contributed by atoms with Crippen molar-refractivity contribution in [3.8, 4) is 0 Å². The highest BCUT2D eigenvalue weighted by molar-refractivity contribution is 4.66. The summed E-state index contributed by atoms with van der Waals surface area (Å²) < 4.78 is 0. The highest BCUT2D eigenvalue weighted by atomic mass is 14.2. The van der Waals surface area contributed by atoms with Crippen LogP contribution >= 0.6 is 0 Å². The third-order valence-electron chi connectivity index (χ3n) is 8.09. The lowest BCUT2D eigenvalue weighted by Gasteiger charge is -2.22. The van der Waals surface area contributed by atoms with E-state index in [0.717, 1.165) is 41.4 Å². The average Bonchev–Trinajstić information content (AvgIpc) is 2.68. The van der Waals surface area contributed by atoms with Gasteiger partial charge in [-0.25, -0.2) is 0 Å². The van der Waals surface area contributed by atoms with Crippen LogP contribution in [0, 0.1) is 41.4 Å². The highest BCUT2D eigenvalue weighted by Crippen LogP contribution is 2.28. The molecule has 0 spiro atoms. The molecule has 0 aromatic heterocycles. The molecule has 0 bridgehead atoms.